The summed E-state index contributed by atoms with van der Waals surface area (Å²) in [7, 11) is -2.93. The molecule has 0 unspecified atom stereocenters. The van der Waals surface area contributed by atoms with Crippen molar-refractivity contribution in [2.75, 3.05) is 9.80 Å². The molecular formula is C51H46BFN2Si. The van der Waals surface area contributed by atoms with Gasteiger partial charge in [0, 0.05) is 34.1 Å². The maximum absolute atomic E-state index is 14.7. The Morgan fingerprint density at radius 1 is 0.464 bits per heavy atom. The normalized spacial score (nSPS) is 14.8. The second kappa shape index (κ2) is 12.2. The van der Waals surface area contributed by atoms with E-state index in [2.05, 4.69) is 186 Å². The molecule has 3 aliphatic heterocycles. The molecular weight excluding hydrogens is 698 g/mol. The van der Waals surface area contributed by atoms with E-state index in [0.29, 0.717) is 0 Å². The first-order valence-corrected chi connectivity index (χ1v) is 21.9. The summed E-state index contributed by atoms with van der Waals surface area (Å²) >= 11 is 0. The molecule has 0 N–H and O–H groups in total. The van der Waals surface area contributed by atoms with Gasteiger partial charge in [-0.3, -0.25) is 0 Å². The van der Waals surface area contributed by atoms with Gasteiger partial charge in [-0.2, -0.15) is 0 Å². The Morgan fingerprint density at radius 2 is 0.929 bits per heavy atom. The largest absolute Gasteiger partial charge is 0.311 e. The van der Waals surface area contributed by atoms with Crippen LogP contribution in [0.3, 0.4) is 0 Å². The standard InChI is InChI=1S/C51H46BFN2Si/c1-33-28-43-47-44(29-33)55(38-31-34(50(2,3)4)30-35(32-38)51(5,6)7)42-21-15-23-46-49(42)52(47)48-41(54(43)37-26-24-36(53)25-27-37)20-14-22-45(48)56(46,39-16-10-8-11-17-39)40-18-12-9-13-19-40/h8-32H,1-7H3. The van der Waals surface area contributed by atoms with Gasteiger partial charge in [0.25, 0.3) is 6.71 Å². The molecule has 3 heterocycles. The second-order valence-corrected chi connectivity index (χ2v) is 21.8. The molecule has 0 radical (unpaired) electrons. The molecule has 0 amide bonds. The monoisotopic (exact) mass is 744 g/mol. The third-order valence-electron chi connectivity index (χ3n) is 12.5. The van der Waals surface area contributed by atoms with Crippen LogP contribution in [0.15, 0.2) is 152 Å². The molecule has 0 bridgehead atoms. The fourth-order valence-corrected chi connectivity index (χ4v) is 15.2. The Balaban J connectivity index is 1.41. The number of nitrogens with zero attached hydrogens (tertiary/aromatic N) is 2. The molecule has 0 atom stereocenters. The van der Waals surface area contributed by atoms with Gasteiger partial charge < -0.3 is 9.80 Å². The van der Waals surface area contributed by atoms with Crippen molar-refractivity contribution in [2.45, 2.75) is 59.3 Å². The number of benzene rings is 7. The van der Waals surface area contributed by atoms with Gasteiger partial charge >= 0.3 is 0 Å². The van der Waals surface area contributed by atoms with Crippen molar-refractivity contribution in [1.29, 1.82) is 0 Å². The lowest BCUT2D eigenvalue weighted by atomic mass is 9.33. The van der Waals surface area contributed by atoms with Gasteiger partial charge in [0.15, 0.2) is 8.07 Å². The van der Waals surface area contributed by atoms with Crippen molar-refractivity contribution < 1.29 is 4.39 Å². The van der Waals surface area contributed by atoms with Crippen LogP contribution in [-0.2, 0) is 10.8 Å². The summed E-state index contributed by atoms with van der Waals surface area (Å²) in [5, 5.41) is 5.61. The molecule has 0 saturated heterocycles. The predicted molar refractivity (Wildman–Crippen MR) is 240 cm³/mol. The number of rotatable bonds is 4. The molecule has 7 aromatic carbocycles. The zero-order valence-corrected chi connectivity index (χ0v) is 34.3. The molecule has 3 aliphatic rings. The van der Waals surface area contributed by atoms with E-state index in [1.54, 1.807) is 12.1 Å². The lowest BCUT2D eigenvalue weighted by Crippen LogP contribution is -2.88. The third-order valence-corrected chi connectivity index (χ3v) is 17.4. The summed E-state index contributed by atoms with van der Waals surface area (Å²) in [6, 6.07) is 55.8. The summed E-state index contributed by atoms with van der Waals surface area (Å²) in [6.45, 7) is 16.2. The van der Waals surface area contributed by atoms with Gasteiger partial charge in [-0.15, -0.1) is 0 Å². The van der Waals surface area contributed by atoms with Crippen LogP contribution < -0.4 is 46.9 Å². The van der Waals surface area contributed by atoms with Crippen LogP contribution in [0.4, 0.5) is 38.5 Å². The molecule has 56 heavy (non-hydrogen) atoms. The molecule has 7 aromatic rings. The van der Waals surface area contributed by atoms with Gasteiger partial charge in [0.05, 0.1) is 0 Å². The Hall–Kier alpha value is -5.65. The van der Waals surface area contributed by atoms with Gasteiger partial charge in [-0.1, -0.05) is 133 Å². The summed E-state index contributed by atoms with van der Waals surface area (Å²) in [6.07, 6.45) is 0. The third kappa shape index (κ3) is 4.93. The molecule has 0 saturated carbocycles. The van der Waals surface area contributed by atoms with Gasteiger partial charge in [-0.05, 0) is 132 Å². The first kappa shape index (κ1) is 34.8. The van der Waals surface area contributed by atoms with Crippen LogP contribution in [0.25, 0.3) is 0 Å². The number of anilines is 6. The van der Waals surface area contributed by atoms with Crippen LogP contribution in [-0.4, -0.2) is 14.8 Å². The molecule has 0 fully saturated rings. The Morgan fingerprint density at radius 3 is 1.39 bits per heavy atom. The summed E-state index contributed by atoms with van der Waals surface area (Å²) < 4.78 is 14.7. The fourth-order valence-electron chi connectivity index (χ4n) is 9.94. The smallest absolute Gasteiger partial charge is 0.251 e. The quantitative estimate of drug-likeness (QED) is 0.167. The van der Waals surface area contributed by atoms with Gasteiger partial charge in [0.2, 0.25) is 0 Å². The zero-order valence-electron chi connectivity index (χ0n) is 33.3. The highest BCUT2D eigenvalue weighted by molar-refractivity contribution is 7.27. The minimum Gasteiger partial charge on any atom is -0.311 e. The fraction of sp³-hybridized carbons (Fsp3) is 0.176. The number of halogens is 1. The predicted octanol–water partition coefficient (Wildman–Crippen LogP) is 8.50. The van der Waals surface area contributed by atoms with Crippen LogP contribution >= 0.6 is 0 Å². The Bertz CT molecular complexity index is 2620. The minimum absolute atomic E-state index is 0.0203. The Labute approximate surface area is 332 Å². The minimum atomic E-state index is -2.93. The van der Waals surface area contributed by atoms with E-state index in [4.69, 9.17) is 0 Å². The van der Waals surface area contributed by atoms with Crippen molar-refractivity contribution in [3.8, 4) is 0 Å². The van der Waals surface area contributed by atoms with Crippen LogP contribution in [0.5, 0.6) is 0 Å². The van der Waals surface area contributed by atoms with E-state index < -0.39 is 8.07 Å². The van der Waals surface area contributed by atoms with E-state index >= 15 is 0 Å². The van der Waals surface area contributed by atoms with Crippen LogP contribution in [0.2, 0.25) is 0 Å². The van der Waals surface area contributed by atoms with Gasteiger partial charge in [0.1, 0.15) is 5.82 Å². The highest BCUT2D eigenvalue weighted by Crippen LogP contribution is 2.46. The van der Waals surface area contributed by atoms with Crippen molar-refractivity contribution in [1.82, 2.24) is 0 Å². The van der Waals surface area contributed by atoms with Crippen molar-refractivity contribution in [3.05, 3.63) is 174 Å². The lowest BCUT2D eigenvalue weighted by molar-refractivity contribution is 0.569. The van der Waals surface area contributed by atoms with E-state index in [1.807, 2.05) is 12.1 Å². The zero-order chi connectivity index (χ0) is 38.7. The van der Waals surface area contributed by atoms with E-state index in [1.165, 1.54) is 76.6 Å². The van der Waals surface area contributed by atoms with Crippen molar-refractivity contribution >= 4 is 86.0 Å². The summed E-state index contributed by atoms with van der Waals surface area (Å²) in [4.78, 5) is 5.00. The van der Waals surface area contributed by atoms with E-state index in [9.17, 15) is 4.39 Å². The first-order valence-electron chi connectivity index (χ1n) is 19.9. The first-order chi connectivity index (χ1) is 26.9. The van der Waals surface area contributed by atoms with Gasteiger partial charge in [-0.25, -0.2) is 4.39 Å². The number of aryl methyl sites for hydroxylation is 1. The SMILES string of the molecule is Cc1cc2c3c(c1)N(c1cc(C(C)(C)C)cc(C(C)(C)C)c1)c1cccc4c1B3c1c(cccc1[Si]4(c1ccccc1)c1ccccc1)N2c1ccc(F)cc1. The Kier molecular flexibility index (Phi) is 7.57. The average Bonchev–Trinajstić information content (AvgIpc) is 3.18. The molecule has 0 aromatic heterocycles. The highest BCUT2D eigenvalue weighted by atomic mass is 28.3. The molecule has 2 nitrogen and oxygen atoms in total. The van der Waals surface area contributed by atoms with Crippen LogP contribution in [0, 0.1) is 12.7 Å². The topological polar surface area (TPSA) is 6.48 Å². The molecule has 5 heteroatoms. The van der Waals surface area contributed by atoms with Crippen molar-refractivity contribution in [3.63, 3.8) is 0 Å². The summed E-state index contributed by atoms with van der Waals surface area (Å²) in [5.74, 6) is -0.234. The number of hydrogen-bond acceptors (Lipinski definition) is 2. The molecule has 0 aliphatic carbocycles. The average molecular weight is 745 g/mol. The highest BCUT2D eigenvalue weighted by Gasteiger charge is 2.56. The van der Waals surface area contributed by atoms with Crippen molar-refractivity contribution in [2.24, 2.45) is 0 Å². The molecule has 274 valence electrons. The van der Waals surface area contributed by atoms with E-state index in [0.717, 1.165) is 11.4 Å². The molecule has 10 rings (SSSR count). The maximum Gasteiger partial charge on any atom is 0.251 e. The number of hydrogen-bond donors (Lipinski definition) is 0. The maximum atomic E-state index is 14.7. The molecule has 0 spiro atoms. The lowest BCUT2D eigenvalue weighted by Gasteiger charge is -2.51. The second-order valence-electron chi connectivity index (χ2n) is 18.0. The summed E-state index contributed by atoms with van der Waals surface area (Å²) in [5.41, 5.74) is 14.8. The van der Waals surface area contributed by atoms with E-state index in [-0.39, 0.29) is 23.4 Å². The van der Waals surface area contributed by atoms with Crippen LogP contribution in [0.1, 0.15) is 58.2 Å².